The Bertz CT molecular complexity index is 549. The molecule has 2 aromatic rings. The number of methoxy groups -OCH3 is 1. The topological polar surface area (TPSA) is 46.5 Å². The molecule has 92 valence electrons. The van der Waals surface area contributed by atoms with Crippen LogP contribution in [0.4, 0.5) is 0 Å². The van der Waals surface area contributed by atoms with Crippen LogP contribution in [0.1, 0.15) is 10.4 Å². The molecule has 0 bridgehead atoms. The van der Waals surface area contributed by atoms with Gasteiger partial charge >= 0.3 is 0 Å². The third-order valence-corrected chi connectivity index (χ3v) is 3.42. The molecule has 0 aliphatic rings. The Morgan fingerprint density at radius 2 is 1.78 bits per heavy atom. The van der Waals surface area contributed by atoms with Crippen LogP contribution in [0.15, 0.2) is 52.3 Å². The maximum Gasteiger partial charge on any atom is 0.153 e. The fourth-order valence-corrected chi connectivity index (χ4v) is 2.32. The van der Waals surface area contributed by atoms with Gasteiger partial charge < -0.3 is 9.84 Å². The molecular formula is C14H12O3S. The van der Waals surface area contributed by atoms with Crippen molar-refractivity contribution in [3.05, 3.63) is 48.0 Å². The second-order valence-corrected chi connectivity index (χ2v) is 4.76. The highest BCUT2D eigenvalue weighted by atomic mass is 32.2. The van der Waals surface area contributed by atoms with Crippen LogP contribution in [0.5, 0.6) is 11.5 Å². The first-order valence-corrected chi connectivity index (χ1v) is 6.14. The van der Waals surface area contributed by atoms with Crippen molar-refractivity contribution < 1.29 is 14.6 Å². The Kier molecular flexibility index (Phi) is 3.89. The number of phenols is 1. The van der Waals surface area contributed by atoms with Crippen molar-refractivity contribution in [1.82, 2.24) is 0 Å². The summed E-state index contributed by atoms with van der Waals surface area (Å²) < 4.78 is 5.08. The zero-order valence-corrected chi connectivity index (χ0v) is 10.6. The zero-order chi connectivity index (χ0) is 13.0. The fourth-order valence-electron chi connectivity index (χ4n) is 1.47. The molecule has 0 aliphatic heterocycles. The fraction of sp³-hybridized carbons (Fsp3) is 0.0714. The predicted octanol–water partition coefficient (Wildman–Crippen LogP) is 3.36. The average Bonchev–Trinajstić information content (AvgIpc) is 2.40. The minimum Gasteiger partial charge on any atom is -0.507 e. The van der Waals surface area contributed by atoms with Crippen LogP contribution in [0.3, 0.4) is 0 Å². The monoisotopic (exact) mass is 260 g/mol. The van der Waals surface area contributed by atoms with Crippen LogP contribution in [-0.2, 0) is 0 Å². The third-order valence-electron chi connectivity index (χ3n) is 2.42. The molecule has 0 aliphatic carbocycles. The van der Waals surface area contributed by atoms with Gasteiger partial charge in [0.15, 0.2) is 6.29 Å². The standard InChI is InChI=1S/C14H12O3S/c1-17-11-3-6-12(7-4-11)18-13-5-2-10(9-15)14(16)8-13/h2-9,16H,1H3. The smallest absolute Gasteiger partial charge is 0.153 e. The van der Waals surface area contributed by atoms with E-state index in [2.05, 4.69) is 0 Å². The lowest BCUT2D eigenvalue weighted by Gasteiger charge is -2.05. The molecule has 0 aromatic heterocycles. The van der Waals surface area contributed by atoms with Crippen LogP contribution >= 0.6 is 11.8 Å². The van der Waals surface area contributed by atoms with E-state index in [9.17, 15) is 9.90 Å². The first-order chi connectivity index (χ1) is 8.72. The number of aromatic hydroxyl groups is 1. The van der Waals surface area contributed by atoms with Gasteiger partial charge in [-0.05, 0) is 42.5 Å². The summed E-state index contributed by atoms with van der Waals surface area (Å²) in [6.07, 6.45) is 0.636. The Morgan fingerprint density at radius 1 is 1.11 bits per heavy atom. The molecule has 0 unspecified atom stereocenters. The van der Waals surface area contributed by atoms with Gasteiger partial charge in [0.25, 0.3) is 0 Å². The van der Waals surface area contributed by atoms with Gasteiger partial charge in [0.1, 0.15) is 11.5 Å². The predicted molar refractivity (Wildman–Crippen MR) is 70.6 cm³/mol. The SMILES string of the molecule is COc1ccc(Sc2ccc(C=O)c(O)c2)cc1. The van der Waals surface area contributed by atoms with E-state index >= 15 is 0 Å². The van der Waals surface area contributed by atoms with Gasteiger partial charge in [0, 0.05) is 9.79 Å². The lowest BCUT2D eigenvalue weighted by atomic mass is 10.2. The van der Waals surface area contributed by atoms with Crippen molar-refractivity contribution in [3.63, 3.8) is 0 Å². The number of ether oxygens (including phenoxy) is 1. The van der Waals surface area contributed by atoms with Gasteiger partial charge in [0.05, 0.1) is 12.7 Å². The van der Waals surface area contributed by atoms with Crippen LogP contribution in [0, 0.1) is 0 Å². The van der Waals surface area contributed by atoms with Crippen molar-refractivity contribution in [2.45, 2.75) is 9.79 Å². The van der Waals surface area contributed by atoms with Crippen molar-refractivity contribution in [3.8, 4) is 11.5 Å². The lowest BCUT2D eigenvalue weighted by molar-refractivity contribution is 0.112. The molecule has 0 heterocycles. The Labute approximate surface area is 109 Å². The van der Waals surface area contributed by atoms with E-state index in [-0.39, 0.29) is 5.75 Å². The first kappa shape index (κ1) is 12.5. The van der Waals surface area contributed by atoms with E-state index < -0.39 is 0 Å². The van der Waals surface area contributed by atoms with Crippen LogP contribution < -0.4 is 4.74 Å². The van der Waals surface area contributed by atoms with Gasteiger partial charge in [-0.15, -0.1) is 0 Å². The van der Waals surface area contributed by atoms with Gasteiger partial charge in [-0.3, -0.25) is 4.79 Å². The van der Waals surface area contributed by atoms with Crippen molar-refractivity contribution in [2.75, 3.05) is 7.11 Å². The third kappa shape index (κ3) is 2.84. The summed E-state index contributed by atoms with van der Waals surface area (Å²) in [6.45, 7) is 0. The molecule has 0 saturated carbocycles. The highest BCUT2D eigenvalue weighted by molar-refractivity contribution is 7.99. The number of hydrogen-bond acceptors (Lipinski definition) is 4. The minimum atomic E-state index is 0.00325. The molecule has 0 atom stereocenters. The second kappa shape index (κ2) is 5.60. The maximum absolute atomic E-state index is 10.6. The average molecular weight is 260 g/mol. The highest BCUT2D eigenvalue weighted by Gasteiger charge is 2.03. The van der Waals surface area contributed by atoms with Crippen molar-refractivity contribution in [1.29, 1.82) is 0 Å². The van der Waals surface area contributed by atoms with E-state index in [4.69, 9.17) is 4.74 Å². The molecule has 1 N–H and O–H groups in total. The molecule has 0 saturated heterocycles. The van der Waals surface area contributed by atoms with Gasteiger partial charge in [-0.1, -0.05) is 11.8 Å². The number of benzene rings is 2. The molecule has 3 nitrogen and oxygen atoms in total. The summed E-state index contributed by atoms with van der Waals surface area (Å²) in [5.74, 6) is 0.807. The molecule has 2 rings (SSSR count). The lowest BCUT2D eigenvalue weighted by Crippen LogP contribution is -1.83. The summed E-state index contributed by atoms with van der Waals surface area (Å²) in [6, 6.07) is 12.6. The number of carbonyl (C=O) groups is 1. The molecule has 4 heteroatoms. The summed E-state index contributed by atoms with van der Waals surface area (Å²) in [4.78, 5) is 12.5. The Morgan fingerprint density at radius 3 is 2.33 bits per heavy atom. The minimum absolute atomic E-state index is 0.00325. The summed E-state index contributed by atoms with van der Waals surface area (Å²) in [7, 11) is 1.62. The zero-order valence-electron chi connectivity index (χ0n) is 9.79. The number of hydrogen-bond donors (Lipinski definition) is 1. The normalized spacial score (nSPS) is 10.1. The van der Waals surface area contributed by atoms with Crippen molar-refractivity contribution in [2.24, 2.45) is 0 Å². The van der Waals surface area contributed by atoms with E-state index in [0.717, 1.165) is 15.5 Å². The number of carbonyl (C=O) groups excluding carboxylic acids is 1. The van der Waals surface area contributed by atoms with E-state index in [0.29, 0.717) is 11.8 Å². The molecular weight excluding hydrogens is 248 g/mol. The Hall–Kier alpha value is -1.94. The first-order valence-electron chi connectivity index (χ1n) is 5.33. The molecule has 0 radical (unpaired) electrons. The van der Waals surface area contributed by atoms with Crippen LogP contribution in [0.2, 0.25) is 0 Å². The largest absolute Gasteiger partial charge is 0.507 e. The summed E-state index contributed by atoms with van der Waals surface area (Å²) >= 11 is 1.51. The highest BCUT2D eigenvalue weighted by Crippen LogP contribution is 2.31. The summed E-state index contributed by atoms with van der Waals surface area (Å²) in [5.41, 5.74) is 0.300. The number of rotatable bonds is 4. The Balaban J connectivity index is 2.17. The van der Waals surface area contributed by atoms with Gasteiger partial charge in [-0.2, -0.15) is 0 Å². The van der Waals surface area contributed by atoms with Gasteiger partial charge in [-0.25, -0.2) is 0 Å². The summed E-state index contributed by atoms with van der Waals surface area (Å²) in [5, 5.41) is 9.59. The molecule has 18 heavy (non-hydrogen) atoms. The molecule has 0 fully saturated rings. The van der Waals surface area contributed by atoms with E-state index in [1.165, 1.54) is 11.8 Å². The molecule has 2 aromatic carbocycles. The number of aldehydes is 1. The molecule has 0 amide bonds. The van der Waals surface area contributed by atoms with E-state index in [1.807, 2.05) is 24.3 Å². The van der Waals surface area contributed by atoms with E-state index in [1.54, 1.807) is 25.3 Å². The number of phenolic OH excluding ortho intramolecular Hbond substituents is 1. The van der Waals surface area contributed by atoms with Crippen molar-refractivity contribution >= 4 is 18.0 Å². The quantitative estimate of drug-likeness (QED) is 0.856. The van der Waals surface area contributed by atoms with Crippen LogP contribution in [-0.4, -0.2) is 18.5 Å². The van der Waals surface area contributed by atoms with Crippen LogP contribution in [0.25, 0.3) is 0 Å². The molecule has 0 spiro atoms. The van der Waals surface area contributed by atoms with Gasteiger partial charge in [0.2, 0.25) is 0 Å². The maximum atomic E-state index is 10.6. The second-order valence-electron chi connectivity index (χ2n) is 3.62.